The number of hydrogen-bond acceptors (Lipinski definition) is 2. The summed E-state index contributed by atoms with van der Waals surface area (Å²) >= 11 is 0. The van der Waals surface area contributed by atoms with Crippen molar-refractivity contribution in [1.29, 1.82) is 0 Å². The number of nitrogens with one attached hydrogen (secondary N) is 1. The second-order valence-corrected chi connectivity index (χ2v) is 4.20. The quantitative estimate of drug-likeness (QED) is 0.848. The molecular formula is C13H15F4NO2. The fourth-order valence-corrected chi connectivity index (χ4v) is 1.56. The third kappa shape index (κ3) is 4.19. The number of halogens is 4. The van der Waals surface area contributed by atoms with Crippen molar-refractivity contribution in [3.8, 4) is 0 Å². The maximum absolute atomic E-state index is 13.7. The monoisotopic (exact) mass is 293 g/mol. The lowest BCUT2D eigenvalue weighted by atomic mass is 10.1. The van der Waals surface area contributed by atoms with Gasteiger partial charge in [0.25, 0.3) is 5.91 Å². The Labute approximate surface area is 113 Å². The van der Waals surface area contributed by atoms with Crippen molar-refractivity contribution in [2.75, 3.05) is 13.2 Å². The third-order valence-electron chi connectivity index (χ3n) is 2.50. The Morgan fingerprint density at radius 1 is 1.40 bits per heavy atom. The SMILES string of the molecule is CCOCC(C)NC(=O)c1cccc(C(F)(F)F)c1F. The van der Waals surface area contributed by atoms with Crippen LogP contribution in [-0.4, -0.2) is 25.2 Å². The zero-order valence-corrected chi connectivity index (χ0v) is 11.1. The number of benzene rings is 1. The van der Waals surface area contributed by atoms with Crippen LogP contribution in [-0.2, 0) is 10.9 Å². The molecule has 1 atom stereocenters. The third-order valence-corrected chi connectivity index (χ3v) is 2.50. The molecule has 0 saturated heterocycles. The van der Waals surface area contributed by atoms with Gasteiger partial charge in [-0.2, -0.15) is 13.2 Å². The summed E-state index contributed by atoms with van der Waals surface area (Å²) in [6, 6.07) is 2.16. The Morgan fingerprint density at radius 3 is 2.60 bits per heavy atom. The van der Waals surface area contributed by atoms with Crippen molar-refractivity contribution in [1.82, 2.24) is 5.32 Å². The molecule has 20 heavy (non-hydrogen) atoms. The highest BCUT2D eigenvalue weighted by Gasteiger charge is 2.35. The van der Waals surface area contributed by atoms with Crippen molar-refractivity contribution in [3.05, 3.63) is 35.1 Å². The first-order chi connectivity index (χ1) is 9.27. The molecule has 1 aromatic rings. The first kappa shape index (κ1) is 16.4. The fourth-order valence-electron chi connectivity index (χ4n) is 1.56. The van der Waals surface area contributed by atoms with E-state index in [0.717, 1.165) is 12.1 Å². The number of alkyl halides is 3. The van der Waals surface area contributed by atoms with Gasteiger partial charge in [0.15, 0.2) is 0 Å². The van der Waals surface area contributed by atoms with Crippen LogP contribution in [0.3, 0.4) is 0 Å². The summed E-state index contributed by atoms with van der Waals surface area (Å²) in [5.41, 5.74) is -2.09. The van der Waals surface area contributed by atoms with E-state index in [1.54, 1.807) is 13.8 Å². The Balaban J connectivity index is 2.89. The zero-order valence-electron chi connectivity index (χ0n) is 11.1. The van der Waals surface area contributed by atoms with Gasteiger partial charge in [-0.25, -0.2) is 4.39 Å². The number of ether oxygens (including phenoxy) is 1. The zero-order chi connectivity index (χ0) is 15.3. The van der Waals surface area contributed by atoms with E-state index in [1.807, 2.05) is 0 Å². The van der Waals surface area contributed by atoms with Gasteiger partial charge in [-0.1, -0.05) is 6.07 Å². The molecule has 112 valence electrons. The standard InChI is InChI=1S/C13H15F4NO2/c1-3-20-7-8(2)18-12(19)9-5-4-6-10(11(9)14)13(15,16)17/h4-6,8H,3,7H2,1-2H3,(H,18,19). The highest BCUT2D eigenvalue weighted by molar-refractivity contribution is 5.94. The second-order valence-electron chi connectivity index (χ2n) is 4.20. The maximum Gasteiger partial charge on any atom is 0.419 e. The van der Waals surface area contributed by atoms with Gasteiger partial charge in [0.2, 0.25) is 0 Å². The van der Waals surface area contributed by atoms with Gasteiger partial charge in [0, 0.05) is 12.6 Å². The first-order valence-electron chi connectivity index (χ1n) is 6.01. The molecule has 1 N–H and O–H groups in total. The van der Waals surface area contributed by atoms with Crippen molar-refractivity contribution in [2.24, 2.45) is 0 Å². The van der Waals surface area contributed by atoms with E-state index < -0.39 is 35.1 Å². The van der Waals surface area contributed by atoms with Crippen LogP contribution in [0, 0.1) is 5.82 Å². The highest BCUT2D eigenvalue weighted by atomic mass is 19.4. The largest absolute Gasteiger partial charge is 0.419 e. The minimum absolute atomic E-state index is 0.197. The number of amides is 1. The summed E-state index contributed by atoms with van der Waals surface area (Å²) in [6.07, 6.45) is -4.84. The van der Waals surface area contributed by atoms with Crippen molar-refractivity contribution < 1.29 is 27.1 Å². The summed E-state index contributed by atoms with van der Waals surface area (Å²) in [5.74, 6) is -2.47. The van der Waals surface area contributed by atoms with Crippen LogP contribution in [0.15, 0.2) is 18.2 Å². The van der Waals surface area contributed by atoms with Gasteiger partial charge in [0.05, 0.1) is 17.7 Å². The Bertz CT molecular complexity index is 474. The lowest BCUT2D eigenvalue weighted by Crippen LogP contribution is -2.36. The molecule has 0 radical (unpaired) electrons. The predicted octanol–water partition coefficient (Wildman–Crippen LogP) is 3.00. The molecule has 0 bridgehead atoms. The van der Waals surface area contributed by atoms with Gasteiger partial charge in [-0.15, -0.1) is 0 Å². The number of rotatable bonds is 5. The van der Waals surface area contributed by atoms with Crippen LogP contribution in [0.4, 0.5) is 17.6 Å². The van der Waals surface area contributed by atoms with E-state index in [9.17, 15) is 22.4 Å². The van der Waals surface area contributed by atoms with Crippen molar-refractivity contribution in [3.63, 3.8) is 0 Å². The smallest absolute Gasteiger partial charge is 0.380 e. The molecule has 0 spiro atoms. The van der Waals surface area contributed by atoms with E-state index in [-0.39, 0.29) is 6.61 Å². The van der Waals surface area contributed by atoms with Gasteiger partial charge in [-0.3, -0.25) is 4.79 Å². The maximum atomic E-state index is 13.7. The molecule has 0 aromatic heterocycles. The molecule has 3 nitrogen and oxygen atoms in total. The molecule has 0 saturated carbocycles. The van der Waals surface area contributed by atoms with Gasteiger partial charge in [0.1, 0.15) is 5.82 Å². The van der Waals surface area contributed by atoms with E-state index >= 15 is 0 Å². The van der Waals surface area contributed by atoms with Crippen LogP contribution in [0.1, 0.15) is 29.8 Å². The normalized spacial score (nSPS) is 13.1. The van der Waals surface area contributed by atoms with Crippen molar-refractivity contribution in [2.45, 2.75) is 26.1 Å². The van der Waals surface area contributed by atoms with E-state index in [0.29, 0.717) is 12.7 Å². The summed E-state index contributed by atoms with van der Waals surface area (Å²) < 4.78 is 56.3. The van der Waals surface area contributed by atoms with Gasteiger partial charge < -0.3 is 10.1 Å². The Kier molecular flexibility index (Phi) is 5.50. The molecule has 1 amide bonds. The minimum Gasteiger partial charge on any atom is -0.380 e. The summed E-state index contributed by atoms with van der Waals surface area (Å²) in [7, 11) is 0. The molecule has 0 aliphatic carbocycles. The molecule has 1 aromatic carbocycles. The summed E-state index contributed by atoms with van der Waals surface area (Å²) in [5, 5.41) is 2.38. The lowest BCUT2D eigenvalue weighted by molar-refractivity contribution is -0.140. The Hall–Kier alpha value is -1.63. The molecule has 7 heteroatoms. The summed E-state index contributed by atoms with van der Waals surface area (Å²) in [4.78, 5) is 11.7. The van der Waals surface area contributed by atoms with Crippen LogP contribution < -0.4 is 5.32 Å². The van der Waals surface area contributed by atoms with Crippen molar-refractivity contribution >= 4 is 5.91 Å². The molecule has 0 heterocycles. The van der Waals surface area contributed by atoms with Gasteiger partial charge >= 0.3 is 6.18 Å². The van der Waals surface area contributed by atoms with E-state index in [1.165, 1.54) is 0 Å². The Morgan fingerprint density at radius 2 is 2.05 bits per heavy atom. The molecule has 0 fully saturated rings. The number of carbonyl (C=O) groups excluding carboxylic acids is 1. The molecule has 1 rings (SSSR count). The first-order valence-corrected chi connectivity index (χ1v) is 6.01. The number of carbonyl (C=O) groups is 1. The fraction of sp³-hybridized carbons (Fsp3) is 0.462. The van der Waals surface area contributed by atoms with E-state index in [4.69, 9.17) is 4.74 Å². The molecule has 0 aliphatic rings. The highest BCUT2D eigenvalue weighted by Crippen LogP contribution is 2.32. The van der Waals surface area contributed by atoms with Crippen LogP contribution >= 0.6 is 0 Å². The van der Waals surface area contributed by atoms with Crippen LogP contribution in [0.25, 0.3) is 0 Å². The average Bonchev–Trinajstić information content (AvgIpc) is 2.35. The minimum atomic E-state index is -4.84. The topological polar surface area (TPSA) is 38.3 Å². The summed E-state index contributed by atoms with van der Waals surface area (Å²) in [6.45, 7) is 4.01. The lowest BCUT2D eigenvalue weighted by Gasteiger charge is -2.15. The van der Waals surface area contributed by atoms with E-state index in [2.05, 4.69) is 5.32 Å². The molecular weight excluding hydrogens is 278 g/mol. The average molecular weight is 293 g/mol. The van der Waals surface area contributed by atoms with Gasteiger partial charge in [-0.05, 0) is 26.0 Å². The second kappa shape index (κ2) is 6.69. The predicted molar refractivity (Wildman–Crippen MR) is 64.8 cm³/mol. The molecule has 1 unspecified atom stereocenters. The number of hydrogen-bond donors (Lipinski definition) is 1. The van der Waals surface area contributed by atoms with Crippen LogP contribution in [0.5, 0.6) is 0 Å². The molecule has 0 aliphatic heterocycles. The van der Waals surface area contributed by atoms with Crippen LogP contribution in [0.2, 0.25) is 0 Å².